The van der Waals surface area contributed by atoms with E-state index >= 15 is 0 Å². The summed E-state index contributed by atoms with van der Waals surface area (Å²) in [4.78, 5) is 4.09. The second-order valence-corrected chi connectivity index (χ2v) is 4.55. The van der Waals surface area contributed by atoms with Crippen LogP contribution in [0.3, 0.4) is 0 Å². The van der Waals surface area contributed by atoms with Crippen molar-refractivity contribution in [1.82, 2.24) is 4.98 Å². The van der Waals surface area contributed by atoms with Gasteiger partial charge in [-0.05, 0) is 35.4 Å². The minimum Gasteiger partial charge on any atom is -0.256 e. The minimum atomic E-state index is -1.47. The third-order valence-electron chi connectivity index (χ3n) is 3.15. The van der Waals surface area contributed by atoms with Gasteiger partial charge < -0.3 is 0 Å². The number of hydrogen-bond acceptors (Lipinski definition) is 1. The van der Waals surface area contributed by atoms with Crippen LogP contribution in [0.15, 0.2) is 60.8 Å². The van der Waals surface area contributed by atoms with Gasteiger partial charge in [-0.25, -0.2) is 13.2 Å². The van der Waals surface area contributed by atoms with E-state index in [1.165, 1.54) is 0 Å². The molecule has 0 radical (unpaired) electrons. The molecule has 0 fully saturated rings. The lowest BCUT2D eigenvalue weighted by molar-refractivity contribution is 0.447. The van der Waals surface area contributed by atoms with Gasteiger partial charge in [0, 0.05) is 11.8 Å². The monoisotopic (exact) mass is 285 g/mol. The van der Waals surface area contributed by atoms with Crippen molar-refractivity contribution in [2.75, 3.05) is 0 Å². The Balaban J connectivity index is 2.08. The summed E-state index contributed by atoms with van der Waals surface area (Å²) in [5, 5.41) is 0. The second kappa shape index (κ2) is 5.40. The number of halogens is 3. The zero-order valence-corrected chi connectivity index (χ0v) is 10.9. The topological polar surface area (TPSA) is 12.9 Å². The van der Waals surface area contributed by atoms with Crippen LogP contribution < -0.4 is 0 Å². The molecule has 1 nitrogen and oxygen atoms in total. The lowest BCUT2D eigenvalue weighted by Crippen LogP contribution is -1.93. The predicted molar refractivity (Wildman–Crippen MR) is 75.0 cm³/mol. The molecule has 0 atom stereocenters. The second-order valence-electron chi connectivity index (χ2n) is 4.55. The van der Waals surface area contributed by atoms with E-state index in [0.29, 0.717) is 5.69 Å². The Morgan fingerprint density at radius 3 is 2.00 bits per heavy atom. The summed E-state index contributed by atoms with van der Waals surface area (Å²) in [6.45, 7) is 0. The fourth-order valence-corrected chi connectivity index (χ4v) is 2.10. The fourth-order valence-electron chi connectivity index (χ4n) is 2.10. The van der Waals surface area contributed by atoms with Gasteiger partial charge >= 0.3 is 0 Å². The van der Waals surface area contributed by atoms with E-state index in [-0.39, 0.29) is 5.56 Å². The largest absolute Gasteiger partial charge is 0.256 e. The van der Waals surface area contributed by atoms with Gasteiger partial charge in [0.2, 0.25) is 0 Å². The number of pyridine rings is 1. The molecule has 0 amide bonds. The highest BCUT2D eigenvalue weighted by molar-refractivity contribution is 5.70. The average molecular weight is 285 g/mol. The highest BCUT2D eigenvalue weighted by Gasteiger charge is 2.12. The quantitative estimate of drug-likeness (QED) is 0.614. The van der Waals surface area contributed by atoms with Crippen molar-refractivity contribution in [1.29, 1.82) is 0 Å². The van der Waals surface area contributed by atoms with Gasteiger partial charge in [-0.15, -0.1) is 0 Å². The Kier molecular flexibility index (Phi) is 3.44. The van der Waals surface area contributed by atoms with Crippen LogP contribution in [0.4, 0.5) is 13.2 Å². The first-order valence-electron chi connectivity index (χ1n) is 6.31. The molecule has 0 bridgehead atoms. The molecule has 1 heterocycles. The summed E-state index contributed by atoms with van der Waals surface area (Å²) in [7, 11) is 0. The van der Waals surface area contributed by atoms with Crippen LogP contribution in [0.1, 0.15) is 0 Å². The Hall–Kier alpha value is -2.62. The van der Waals surface area contributed by atoms with Crippen LogP contribution in [0.2, 0.25) is 0 Å². The lowest BCUT2D eigenvalue weighted by Gasteiger charge is -2.06. The molecule has 0 saturated carbocycles. The molecule has 4 heteroatoms. The maximum absolute atomic E-state index is 13.3. The minimum absolute atomic E-state index is 0.198. The van der Waals surface area contributed by atoms with Crippen molar-refractivity contribution in [2.45, 2.75) is 0 Å². The van der Waals surface area contributed by atoms with Crippen molar-refractivity contribution >= 4 is 0 Å². The number of nitrogens with zero attached hydrogens (tertiary/aromatic N) is 1. The van der Waals surface area contributed by atoms with Crippen LogP contribution in [-0.4, -0.2) is 4.98 Å². The summed E-state index contributed by atoms with van der Waals surface area (Å²) in [5.41, 5.74) is 2.41. The lowest BCUT2D eigenvalue weighted by atomic mass is 10.0. The highest BCUT2D eigenvalue weighted by Crippen LogP contribution is 2.26. The molecule has 0 unspecified atom stereocenters. The molecule has 104 valence electrons. The molecule has 0 aliphatic rings. The maximum Gasteiger partial charge on any atom is 0.194 e. The first-order chi connectivity index (χ1) is 10.1. The number of benzene rings is 2. The fraction of sp³-hybridized carbons (Fsp3) is 0. The smallest absolute Gasteiger partial charge is 0.194 e. The van der Waals surface area contributed by atoms with Crippen molar-refractivity contribution in [3.63, 3.8) is 0 Å². The average Bonchev–Trinajstić information content (AvgIpc) is 2.53. The maximum atomic E-state index is 13.3. The summed E-state index contributed by atoms with van der Waals surface area (Å²) in [6, 6.07) is 14.9. The van der Waals surface area contributed by atoms with Crippen LogP contribution in [0.5, 0.6) is 0 Å². The molecule has 3 aromatic rings. The molecule has 21 heavy (non-hydrogen) atoms. The standard InChI is InChI=1S/C17H10F3N/c18-14-8-13(9-15(19)17(14)20)16-10-12(6-7-21-16)11-4-2-1-3-5-11/h1-10H. The molecular formula is C17H10F3N. The third kappa shape index (κ3) is 2.65. The van der Waals surface area contributed by atoms with Gasteiger partial charge in [-0.2, -0.15) is 0 Å². The van der Waals surface area contributed by atoms with Gasteiger partial charge in [0.25, 0.3) is 0 Å². The van der Waals surface area contributed by atoms with Crippen LogP contribution >= 0.6 is 0 Å². The molecule has 0 aliphatic heterocycles. The number of rotatable bonds is 2. The SMILES string of the molecule is Fc1cc(-c2cc(-c3ccccc3)ccn2)cc(F)c1F. The van der Waals surface area contributed by atoms with E-state index in [4.69, 9.17) is 0 Å². The van der Waals surface area contributed by atoms with Crippen LogP contribution in [-0.2, 0) is 0 Å². The van der Waals surface area contributed by atoms with Crippen molar-refractivity contribution in [2.24, 2.45) is 0 Å². The number of aromatic nitrogens is 1. The van der Waals surface area contributed by atoms with Crippen LogP contribution in [0, 0.1) is 17.5 Å². The van der Waals surface area contributed by atoms with Gasteiger partial charge in [-0.3, -0.25) is 4.98 Å². The Morgan fingerprint density at radius 1 is 0.667 bits per heavy atom. The molecular weight excluding hydrogens is 275 g/mol. The predicted octanol–water partition coefficient (Wildman–Crippen LogP) is 4.83. The van der Waals surface area contributed by atoms with Crippen LogP contribution in [0.25, 0.3) is 22.4 Å². The van der Waals surface area contributed by atoms with E-state index in [1.54, 1.807) is 18.3 Å². The van der Waals surface area contributed by atoms with E-state index in [1.807, 2.05) is 30.3 Å². The van der Waals surface area contributed by atoms with Gasteiger partial charge in [0.15, 0.2) is 17.5 Å². The van der Waals surface area contributed by atoms with E-state index in [9.17, 15) is 13.2 Å². The molecule has 1 aromatic heterocycles. The van der Waals surface area contributed by atoms with Crippen molar-refractivity contribution in [3.05, 3.63) is 78.2 Å². The molecule has 0 spiro atoms. The molecule has 0 aliphatic carbocycles. The summed E-state index contributed by atoms with van der Waals surface area (Å²) in [6.07, 6.45) is 1.55. The van der Waals surface area contributed by atoms with Gasteiger partial charge in [0.1, 0.15) is 0 Å². The Morgan fingerprint density at radius 2 is 1.33 bits per heavy atom. The highest BCUT2D eigenvalue weighted by atomic mass is 19.2. The molecule has 3 rings (SSSR count). The van der Waals surface area contributed by atoms with Crippen molar-refractivity contribution in [3.8, 4) is 22.4 Å². The third-order valence-corrected chi connectivity index (χ3v) is 3.15. The van der Waals surface area contributed by atoms with E-state index < -0.39 is 17.5 Å². The Bertz CT molecular complexity index is 762. The summed E-state index contributed by atoms with van der Waals surface area (Å²) >= 11 is 0. The van der Waals surface area contributed by atoms with Crippen molar-refractivity contribution < 1.29 is 13.2 Å². The number of hydrogen-bond donors (Lipinski definition) is 0. The van der Waals surface area contributed by atoms with E-state index in [0.717, 1.165) is 23.3 Å². The first-order valence-corrected chi connectivity index (χ1v) is 6.31. The normalized spacial score (nSPS) is 10.6. The van der Waals surface area contributed by atoms with Gasteiger partial charge in [-0.1, -0.05) is 30.3 Å². The molecule has 2 aromatic carbocycles. The first kappa shape index (κ1) is 13.4. The van der Waals surface area contributed by atoms with E-state index in [2.05, 4.69) is 4.98 Å². The Labute approximate surface area is 119 Å². The van der Waals surface area contributed by atoms with Gasteiger partial charge in [0.05, 0.1) is 5.69 Å². The summed E-state index contributed by atoms with van der Waals surface area (Å²) in [5.74, 6) is -3.92. The zero-order chi connectivity index (χ0) is 14.8. The molecule has 0 saturated heterocycles. The zero-order valence-electron chi connectivity index (χ0n) is 10.9. The molecule has 0 N–H and O–H groups in total. The summed E-state index contributed by atoms with van der Waals surface area (Å²) < 4.78 is 39.6.